The minimum atomic E-state index is -0.190. The lowest BCUT2D eigenvalue weighted by atomic mass is 10.1. The minimum absolute atomic E-state index is 0.0270. The van der Waals surface area contributed by atoms with Crippen molar-refractivity contribution in [1.29, 1.82) is 0 Å². The molecule has 1 heterocycles. The highest BCUT2D eigenvalue weighted by Crippen LogP contribution is 2.35. The number of hydrogen-bond donors (Lipinski definition) is 2. The molecular weight excluding hydrogens is 212 g/mol. The number of halogens is 1. The van der Waals surface area contributed by atoms with E-state index in [1.54, 1.807) is 6.07 Å². The molecule has 0 aromatic heterocycles. The first-order chi connectivity index (χ1) is 7.24. The molecule has 1 fully saturated rings. The molecule has 0 bridgehead atoms. The van der Waals surface area contributed by atoms with Crippen molar-refractivity contribution in [2.45, 2.75) is 24.9 Å². The van der Waals surface area contributed by atoms with E-state index < -0.39 is 0 Å². The van der Waals surface area contributed by atoms with Crippen LogP contribution in [0.5, 0.6) is 0 Å². The van der Waals surface area contributed by atoms with Crippen LogP contribution in [0, 0.1) is 0 Å². The molecule has 1 aliphatic heterocycles. The normalized spacial score (nSPS) is 23.8. The maximum atomic E-state index is 11.7. The van der Waals surface area contributed by atoms with Crippen LogP contribution in [0.15, 0.2) is 18.2 Å². The predicted molar refractivity (Wildman–Crippen MR) is 59.0 cm³/mol. The molecule has 0 spiro atoms. The summed E-state index contributed by atoms with van der Waals surface area (Å²) in [7, 11) is 0. The van der Waals surface area contributed by atoms with Crippen LogP contribution in [0.1, 0.15) is 24.4 Å². The lowest BCUT2D eigenvalue weighted by Crippen LogP contribution is -2.29. The first-order valence-corrected chi connectivity index (χ1v) is 5.48. The van der Waals surface area contributed by atoms with Crippen LogP contribution in [0.25, 0.3) is 0 Å². The zero-order chi connectivity index (χ0) is 10.4. The molecule has 1 amide bonds. The highest BCUT2D eigenvalue weighted by molar-refractivity contribution is 6.31. The SMILES string of the molecule is O=C1Nc2cc(Cl)ccc2C1NC1CC1. The standard InChI is InChI=1S/C11H11ClN2O/c12-6-1-4-8-9(5-6)14-11(15)10(8)13-7-2-3-7/h1,4-5,7,10,13H,2-3H2,(H,14,15). The van der Waals surface area contributed by atoms with E-state index in [0.717, 1.165) is 11.3 Å². The number of fused-ring (bicyclic) bond motifs is 1. The van der Waals surface area contributed by atoms with E-state index in [1.165, 1.54) is 12.8 Å². The Morgan fingerprint density at radius 1 is 1.40 bits per heavy atom. The van der Waals surface area contributed by atoms with Gasteiger partial charge in [-0.3, -0.25) is 10.1 Å². The van der Waals surface area contributed by atoms with Crippen LogP contribution >= 0.6 is 11.6 Å². The van der Waals surface area contributed by atoms with Crippen molar-refractivity contribution in [3.63, 3.8) is 0 Å². The van der Waals surface area contributed by atoms with Crippen molar-refractivity contribution >= 4 is 23.2 Å². The summed E-state index contributed by atoms with van der Waals surface area (Å²) in [6.07, 6.45) is 2.35. The van der Waals surface area contributed by atoms with Crippen LogP contribution in [0.3, 0.4) is 0 Å². The maximum absolute atomic E-state index is 11.7. The number of carbonyl (C=O) groups excluding carboxylic acids is 1. The topological polar surface area (TPSA) is 41.1 Å². The molecule has 78 valence electrons. The summed E-state index contributed by atoms with van der Waals surface area (Å²) in [6, 6.07) is 5.86. The second kappa shape index (κ2) is 3.22. The maximum Gasteiger partial charge on any atom is 0.246 e. The molecule has 1 unspecified atom stereocenters. The summed E-state index contributed by atoms with van der Waals surface area (Å²) < 4.78 is 0. The number of amides is 1. The zero-order valence-corrected chi connectivity index (χ0v) is 8.84. The Bertz CT molecular complexity index is 429. The van der Waals surface area contributed by atoms with Crippen LogP contribution in [-0.4, -0.2) is 11.9 Å². The van der Waals surface area contributed by atoms with Gasteiger partial charge >= 0.3 is 0 Å². The van der Waals surface area contributed by atoms with Crippen molar-refractivity contribution < 1.29 is 4.79 Å². The van der Waals surface area contributed by atoms with Gasteiger partial charge in [-0.15, -0.1) is 0 Å². The summed E-state index contributed by atoms with van der Waals surface area (Å²) in [5.74, 6) is 0.0270. The van der Waals surface area contributed by atoms with Crippen LogP contribution in [0.4, 0.5) is 5.69 Å². The molecule has 0 saturated heterocycles. The van der Waals surface area contributed by atoms with Gasteiger partial charge in [0.15, 0.2) is 0 Å². The number of carbonyl (C=O) groups is 1. The van der Waals surface area contributed by atoms with Gasteiger partial charge in [-0.2, -0.15) is 0 Å². The average Bonchev–Trinajstić information content (AvgIpc) is 2.93. The molecule has 1 aliphatic carbocycles. The van der Waals surface area contributed by atoms with Crippen molar-refractivity contribution in [2.24, 2.45) is 0 Å². The quantitative estimate of drug-likeness (QED) is 0.805. The number of anilines is 1. The molecule has 1 aromatic carbocycles. The Kier molecular flexibility index (Phi) is 1.97. The summed E-state index contributed by atoms with van der Waals surface area (Å²) in [6.45, 7) is 0. The molecule has 0 radical (unpaired) electrons. The van der Waals surface area contributed by atoms with E-state index in [2.05, 4.69) is 10.6 Å². The minimum Gasteiger partial charge on any atom is -0.324 e. The lowest BCUT2D eigenvalue weighted by molar-refractivity contribution is -0.117. The van der Waals surface area contributed by atoms with Gasteiger partial charge in [0.05, 0.1) is 0 Å². The summed E-state index contributed by atoms with van der Waals surface area (Å²) in [5, 5.41) is 6.81. The van der Waals surface area contributed by atoms with Crippen molar-refractivity contribution in [1.82, 2.24) is 5.32 Å². The molecular formula is C11H11ClN2O. The highest BCUT2D eigenvalue weighted by atomic mass is 35.5. The Labute approximate surface area is 92.8 Å². The summed E-state index contributed by atoms with van der Waals surface area (Å²) in [4.78, 5) is 11.7. The first-order valence-electron chi connectivity index (χ1n) is 5.10. The van der Waals surface area contributed by atoms with E-state index >= 15 is 0 Å². The van der Waals surface area contributed by atoms with Crippen LogP contribution in [-0.2, 0) is 4.79 Å². The Morgan fingerprint density at radius 3 is 2.93 bits per heavy atom. The molecule has 1 atom stereocenters. The third-order valence-corrected chi connectivity index (χ3v) is 3.06. The fourth-order valence-electron chi connectivity index (χ4n) is 1.89. The van der Waals surface area contributed by atoms with E-state index in [-0.39, 0.29) is 11.9 Å². The van der Waals surface area contributed by atoms with E-state index in [4.69, 9.17) is 11.6 Å². The van der Waals surface area contributed by atoms with Gasteiger partial charge in [-0.25, -0.2) is 0 Å². The van der Waals surface area contributed by atoms with Gasteiger partial charge in [-0.05, 0) is 25.0 Å². The number of hydrogen-bond acceptors (Lipinski definition) is 2. The second-order valence-corrected chi connectivity index (χ2v) is 4.53. The van der Waals surface area contributed by atoms with E-state index in [0.29, 0.717) is 11.1 Å². The third kappa shape index (κ3) is 1.62. The van der Waals surface area contributed by atoms with Gasteiger partial charge in [0.2, 0.25) is 5.91 Å². The summed E-state index contributed by atoms with van der Waals surface area (Å²) in [5.41, 5.74) is 1.85. The molecule has 4 heteroatoms. The molecule has 1 aromatic rings. The van der Waals surface area contributed by atoms with Gasteiger partial charge in [0, 0.05) is 22.3 Å². The Morgan fingerprint density at radius 2 is 2.20 bits per heavy atom. The Hall–Kier alpha value is -1.06. The zero-order valence-electron chi connectivity index (χ0n) is 8.09. The molecule has 15 heavy (non-hydrogen) atoms. The fourth-order valence-corrected chi connectivity index (χ4v) is 2.06. The molecule has 2 N–H and O–H groups in total. The van der Waals surface area contributed by atoms with Crippen molar-refractivity contribution in [2.75, 3.05) is 5.32 Å². The molecule has 1 saturated carbocycles. The second-order valence-electron chi connectivity index (χ2n) is 4.09. The van der Waals surface area contributed by atoms with Crippen LogP contribution in [0.2, 0.25) is 5.02 Å². The average molecular weight is 223 g/mol. The monoisotopic (exact) mass is 222 g/mol. The van der Waals surface area contributed by atoms with Crippen LogP contribution < -0.4 is 10.6 Å². The number of rotatable bonds is 2. The van der Waals surface area contributed by atoms with Crippen molar-refractivity contribution in [3.05, 3.63) is 28.8 Å². The summed E-state index contributed by atoms with van der Waals surface area (Å²) >= 11 is 5.87. The largest absolute Gasteiger partial charge is 0.324 e. The smallest absolute Gasteiger partial charge is 0.246 e. The molecule has 3 rings (SSSR count). The molecule has 2 aliphatic rings. The molecule has 3 nitrogen and oxygen atoms in total. The van der Waals surface area contributed by atoms with Crippen molar-refractivity contribution in [3.8, 4) is 0 Å². The van der Waals surface area contributed by atoms with E-state index in [9.17, 15) is 4.79 Å². The van der Waals surface area contributed by atoms with Gasteiger partial charge in [0.1, 0.15) is 6.04 Å². The van der Waals surface area contributed by atoms with Gasteiger partial charge in [-0.1, -0.05) is 17.7 Å². The number of benzene rings is 1. The predicted octanol–water partition coefficient (Wildman–Crippen LogP) is 2.09. The first kappa shape index (κ1) is 9.19. The third-order valence-electron chi connectivity index (χ3n) is 2.83. The number of nitrogens with one attached hydrogen (secondary N) is 2. The fraction of sp³-hybridized carbons (Fsp3) is 0.364. The van der Waals surface area contributed by atoms with Gasteiger partial charge < -0.3 is 5.32 Å². The lowest BCUT2D eigenvalue weighted by Gasteiger charge is -2.09. The van der Waals surface area contributed by atoms with Gasteiger partial charge in [0.25, 0.3) is 0 Å². The Balaban J connectivity index is 1.93. The highest BCUT2D eigenvalue weighted by Gasteiger charge is 2.34. The van der Waals surface area contributed by atoms with E-state index in [1.807, 2.05) is 12.1 Å².